The molecule has 1 fully saturated rings. The molecule has 0 amide bonds. The Morgan fingerprint density at radius 1 is 1.36 bits per heavy atom. The summed E-state index contributed by atoms with van der Waals surface area (Å²) >= 11 is 8.39. The highest BCUT2D eigenvalue weighted by molar-refractivity contribution is 7.81. The van der Waals surface area contributed by atoms with Crippen molar-refractivity contribution in [3.05, 3.63) is 0 Å². The lowest BCUT2D eigenvalue weighted by molar-refractivity contribution is -0.297. The predicted octanol–water partition coefficient (Wildman–Crippen LogP) is 0.909. The molecule has 0 radical (unpaired) electrons. The van der Waals surface area contributed by atoms with Crippen LogP contribution in [0.15, 0.2) is 0 Å². The summed E-state index contributed by atoms with van der Waals surface area (Å²) < 4.78 is 15.1. The maximum absolute atomic E-state index is 5.14. The molecule has 1 rings (SSSR count). The average Bonchev–Trinajstić information content (AvgIpc) is 2.07. The highest BCUT2D eigenvalue weighted by atomic mass is 32.1. The molecule has 1 heterocycles. The monoisotopic (exact) mass is 196 g/mol. The second kappa shape index (κ2) is 5.27. The molecule has 3 nitrogen and oxygen atoms in total. The van der Waals surface area contributed by atoms with E-state index >= 15 is 0 Å². The highest BCUT2D eigenvalue weighted by Crippen LogP contribution is 2.15. The Bertz CT molecular complexity index is 106. The van der Waals surface area contributed by atoms with Crippen molar-refractivity contribution < 1.29 is 14.2 Å². The molecule has 0 aliphatic carbocycles. The van der Waals surface area contributed by atoms with E-state index in [1.807, 2.05) is 0 Å². The van der Waals surface area contributed by atoms with E-state index in [1.165, 1.54) is 0 Å². The minimum absolute atomic E-state index is 0.0939. The van der Waals surface area contributed by atoms with Gasteiger partial charge in [-0.1, -0.05) is 0 Å². The van der Waals surface area contributed by atoms with Crippen molar-refractivity contribution in [1.29, 1.82) is 0 Å². The maximum Gasteiger partial charge on any atom is 0.174 e. The number of rotatable bonds is 3. The molecule has 0 aromatic carbocycles. The molecule has 0 bridgehead atoms. The number of thiol groups is 2. The number of hydrogen-bond acceptors (Lipinski definition) is 5. The van der Waals surface area contributed by atoms with Crippen LogP contribution in [0.2, 0.25) is 0 Å². The molecule has 0 aromatic rings. The van der Waals surface area contributed by atoms with Gasteiger partial charge < -0.3 is 14.2 Å². The van der Waals surface area contributed by atoms with Crippen LogP contribution in [0.4, 0.5) is 0 Å². The van der Waals surface area contributed by atoms with Gasteiger partial charge in [0.05, 0.1) is 5.25 Å². The van der Waals surface area contributed by atoms with E-state index in [9.17, 15) is 0 Å². The fourth-order valence-corrected chi connectivity index (χ4v) is 1.59. The summed E-state index contributed by atoms with van der Waals surface area (Å²) in [7, 11) is 0. The van der Waals surface area contributed by atoms with Crippen LogP contribution in [0.1, 0.15) is 6.42 Å². The van der Waals surface area contributed by atoms with Gasteiger partial charge in [-0.05, 0) is 12.2 Å². The Morgan fingerprint density at radius 3 is 2.55 bits per heavy atom. The molecule has 11 heavy (non-hydrogen) atoms. The third-order valence-electron chi connectivity index (χ3n) is 1.37. The van der Waals surface area contributed by atoms with E-state index in [4.69, 9.17) is 14.2 Å². The number of hydrogen-bond donors (Lipinski definition) is 2. The summed E-state index contributed by atoms with van der Waals surface area (Å²) in [6.45, 7) is 0.600. The minimum atomic E-state index is -0.237. The first-order valence-electron chi connectivity index (χ1n) is 3.44. The molecule has 1 aliphatic heterocycles. The van der Waals surface area contributed by atoms with Crippen LogP contribution in [0, 0.1) is 0 Å². The zero-order valence-corrected chi connectivity index (χ0v) is 7.89. The normalized spacial score (nSPS) is 23.5. The van der Waals surface area contributed by atoms with Crippen molar-refractivity contribution >= 4 is 25.3 Å². The lowest BCUT2D eigenvalue weighted by Gasteiger charge is -2.27. The first-order chi connectivity index (χ1) is 5.34. The van der Waals surface area contributed by atoms with Gasteiger partial charge in [-0.3, -0.25) is 0 Å². The molecular formula is C6H12O3S2. The summed E-state index contributed by atoms with van der Waals surface area (Å²) in [6, 6.07) is 0. The average molecular weight is 196 g/mol. The van der Waals surface area contributed by atoms with Gasteiger partial charge in [0.1, 0.15) is 0 Å². The van der Waals surface area contributed by atoms with Gasteiger partial charge in [-0.15, -0.1) is 0 Å². The molecule has 66 valence electrons. The number of ether oxygens (including phenoxy) is 3. The summed E-state index contributed by atoms with van der Waals surface area (Å²) in [5, 5.41) is 0.0939. The Morgan fingerprint density at radius 2 is 2.00 bits per heavy atom. The van der Waals surface area contributed by atoms with Crippen molar-refractivity contribution in [2.24, 2.45) is 0 Å². The fraction of sp³-hybridized carbons (Fsp3) is 1.00. The topological polar surface area (TPSA) is 27.7 Å². The van der Waals surface area contributed by atoms with E-state index < -0.39 is 0 Å². The van der Waals surface area contributed by atoms with E-state index in [-0.39, 0.29) is 11.5 Å². The maximum atomic E-state index is 5.14. The SMILES string of the molecule is SCCC(S)C1OCOCO1. The molecule has 0 aromatic heterocycles. The molecule has 1 aliphatic rings. The van der Waals surface area contributed by atoms with Crippen LogP contribution < -0.4 is 0 Å². The smallest absolute Gasteiger partial charge is 0.174 e. The molecule has 0 N–H and O–H groups in total. The van der Waals surface area contributed by atoms with Gasteiger partial charge in [0.15, 0.2) is 19.9 Å². The van der Waals surface area contributed by atoms with Crippen LogP contribution in [-0.2, 0) is 14.2 Å². The molecule has 1 unspecified atom stereocenters. The van der Waals surface area contributed by atoms with Crippen molar-refractivity contribution in [2.45, 2.75) is 18.0 Å². The standard InChI is InChI=1S/C6H12O3S2/c10-2-1-5(11)6-8-3-7-4-9-6/h5-6,10-11H,1-4H2. The van der Waals surface area contributed by atoms with Crippen molar-refractivity contribution in [2.75, 3.05) is 19.3 Å². The Kier molecular flexibility index (Phi) is 4.63. The molecule has 0 spiro atoms. The van der Waals surface area contributed by atoms with Crippen LogP contribution in [0.3, 0.4) is 0 Å². The predicted molar refractivity (Wildman–Crippen MR) is 48.0 cm³/mol. The van der Waals surface area contributed by atoms with Gasteiger partial charge in [-0.25, -0.2) is 0 Å². The third kappa shape index (κ3) is 3.21. The van der Waals surface area contributed by atoms with Gasteiger partial charge in [-0.2, -0.15) is 25.3 Å². The summed E-state index contributed by atoms with van der Waals surface area (Å²) in [5.74, 6) is 0.790. The van der Waals surface area contributed by atoms with Crippen LogP contribution in [0.25, 0.3) is 0 Å². The first kappa shape index (κ1) is 9.67. The quantitative estimate of drug-likeness (QED) is 0.657. The minimum Gasteiger partial charge on any atom is -0.329 e. The van der Waals surface area contributed by atoms with Crippen molar-refractivity contribution in [3.63, 3.8) is 0 Å². The molecular weight excluding hydrogens is 184 g/mol. The lowest BCUT2D eigenvalue weighted by atomic mass is 10.3. The summed E-state index contributed by atoms with van der Waals surface area (Å²) in [4.78, 5) is 0. The Hall–Kier alpha value is 0.580. The van der Waals surface area contributed by atoms with Crippen molar-refractivity contribution in [1.82, 2.24) is 0 Å². The van der Waals surface area contributed by atoms with E-state index in [1.54, 1.807) is 0 Å². The Balaban J connectivity index is 2.21. The summed E-state index contributed by atoms with van der Waals surface area (Å²) in [5.41, 5.74) is 0. The lowest BCUT2D eigenvalue weighted by Crippen LogP contribution is -2.34. The van der Waals surface area contributed by atoms with Gasteiger partial charge in [0.25, 0.3) is 0 Å². The van der Waals surface area contributed by atoms with Gasteiger partial charge in [0, 0.05) is 0 Å². The Labute approximate surface area is 77.2 Å². The first-order valence-corrected chi connectivity index (χ1v) is 4.59. The third-order valence-corrected chi connectivity index (χ3v) is 2.13. The second-order valence-corrected chi connectivity index (χ2v) is 3.33. The molecule has 1 atom stereocenters. The van der Waals surface area contributed by atoms with Gasteiger partial charge in [0.2, 0.25) is 0 Å². The second-order valence-electron chi connectivity index (χ2n) is 2.22. The largest absolute Gasteiger partial charge is 0.329 e. The van der Waals surface area contributed by atoms with E-state index in [0.29, 0.717) is 13.6 Å². The summed E-state index contributed by atoms with van der Waals surface area (Å²) in [6.07, 6.45) is 0.635. The molecule has 1 saturated heterocycles. The van der Waals surface area contributed by atoms with Gasteiger partial charge >= 0.3 is 0 Å². The van der Waals surface area contributed by atoms with E-state index in [0.717, 1.165) is 12.2 Å². The fourth-order valence-electron chi connectivity index (χ4n) is 0.803. The van der Waals surface area contributed by atoms with Crippen LogP contribution in [0.5, 0.6) is 0 Å². The van der Waals surface area contributed by atoms with Crippen molar-refractivity contribution in [3.8, 4) is 0 Å². The highest BCUT2D eigenvalue weighted by Gasteiger charge is 2.21. The molecule has 0 saturated carbocycles. The zero-order chi connectivity index (χ0) is 8.10. The zero-order valence-electron chi connectivity index (χ0n) is 6.10. The van der Waals surface area contributed by atoms with E-state index in [2.05, 4.69) is 25.3 Å². The molecule has 5 heteroatoms. The van der Waals surface area contributed by atoms with Crippen LogP contribution in [-0.4, -0.2) is 30.9 Å². The van der Waals surface area contributed by atoms with Crippen LogP contribution >= 0.6 is 25.3 Å².